The second-order valence-electron chi connectivity index (χ2n) is 6.73. The van der Waals surface area contributed by atoms with Gasteiger partial charge < -0.3 is 8.83 Å². The second kappa shape index (κ2) is 4.42. The van der Waals surface area contributed by atoms with Gasteiger partial charge in [-0.25, -0.2) is 0 Å². The molecule has 0 atom stereocenters. The highest BCUT2D eigenvalue weighted by molar-refractivity contribution is 6.20. The van der Waals surface area contributed by atoms with Crippen molar-refractivity contribution in [1.82, 2.24) is 0 Å². The van der Waals surface area contributed by atoms with Crippen LogP contribution in [0.25, 0.3) is 54.3 Å². The average molecular weight is 322 g/mol. The molecule has 0 saturated heterocycles. The third-order valence-corrected chi connectivity index (χ3v) is 5.17. The molecule has 118 valence electrons. The van der Waals surface area contributed by atoms with Crippen molar-refractivity contribution in [2.24, 2.45) is 0 Å². The Morgan fingerprint density at radius 1 is 0.560 bits per heavy atom. The third-order valence-electron chi connectivity index (χ3n) is 5.17. The summed E-state index contributed by atoms with van der Waals surface area (Å²) in [6, 6.07) is 21.6. The van der Waals surface area contributed by atoms with Gasteiger partial charge in [-0.3, -0.25) is 0 Å². The Balaban J connectivity index is 1.81. The molecule has 2 heterocycles. The Morgan fingerprint density at radius 2 is 1.24 bits per heavy atom. The van der Waals surface area contributed by atoms with E-state index in [-0.39, 0.29) is 0 Å². The molecule has 0 aliphatic rings. The van der Waals surface area contributed by atoms with E-state index in [1.54, 1.807) is 6.26 Å². The molecule has 0 fully saturated rings. The smallest absolute Gasteiger partial charge is 0.134 e. The van der Waals surface area contributed by atoms with Crippen LogP contribution >= 0.6 is 0 Å². The van der Waals surface area contributed by atoms with Crippen LogP contribution in [0.1, 0.15) is 5.76 Å². The molecule has 0 bridgehead atoms. The van der Waals surface area contributed by atoms with E-state index >= 15 is 0 Å². The molecule has 6 rings (SSSR count). The fourth-order valence-electron chi connectivity index (χ4n) is 4.00. The van der Waals surface area contributed by atoms with Crippen LogP contribution < -0.4 is 0 Å². The first-order valence-corrected chi connectivity index (χ1v) is 8.43. The van der Waals surface area contributed by atoms with Crippen molar-refractivity contribution in [3.05, 3.63) is 72.7 Å². The summed E-state index contributed by atoms with van der Waals surface area (Å²) in [4.78, 5) is 0. The lowest BCUT2D eigenvalue weighted by Crippen LogP contribution is -1.81. The standard InChI is InChI=1S/C23H14O2/c1-13-8-17-10-15-3-5-18-19(21(15)12-23(17)25-13)4-2-14-9-16-6-7-24-22(16)11-20(14)18/h2-12H,1H3. The topological polar surface area (TPSA) is 26.3 Å². The van der Waals surface area contributed by atoms with E-state index in [1.165, 1.54) is 32.3 Å². The van der Waals surface area contributed by atoms with Gasteiger partial charge in [0, 0.05) is 10.8 Å². The maximum absolute atomic E-state index is 5.84. The lowest BCUT2D eigenvalue weighted by molar-refractivity contribution is 0.579. The number of furan rings is 2. The molecule has 6 aromatic rings. The summed E-state index contributed by atoms with van der Waals surface area (Å²) in [6.45, 7) is 1.99. The number of benzene rings is 4. The molecule has 2 nitrogen and oxygen atoms in total. The maximum Gasteiger partial charge on any atom is 0.134 e. The van der Waals surface area contributed by atoms with Crippen LogP contribution in [0.2, 0.25) is 0 Å². The van der Waals surface area contributed by atoms with E-state index < -0.39 is 0 Å². The molecule has 0 saturated carbocycles. The van der Waals surface area contributed by atoms with E-state index in [0.29, 0.717) is 0 Å². The highest BCUT2D eigenvalue weighted by Crippen LogP contribution is 2.35. The van der Waals surface area contributed by atoms with Crippen LogP contribution in [0.4, 0.5) is 0 Å². The molecule has 0 amide bonds. The Hall–Kier alpha value is -3.26. The van der Waals surface area contributed by atoms with Gasteiger partial charge in [0.1, 0.15) is 16.9 Å². The Kier molecular flexibility index (Phi) is 2.31. The normalized spacial score (nSPS) is 12.2. The lowest BCUT2D eigenvalue weighted by atomic mass is 9.96. The summed E-state index contributed by atoms with van der Waals surface area (Å²) in [5.74, 6) is 0.945. The summed E-state index contributed by atoms with van der Waals surface area (Å²) in [5, 5.41) is 9.69. The van der Waals surface area contributed by atoms with Gasteiger partial charge >= 0.3 is 0 Å². The monoisotopic (exact) mass is 322 g/mol. The molecular formula is C23H14O2. The minimum absolute atomic E-state index is 0.928. The lowest BCUT2D eigenvalue weighted by Gasteiger charge is -2.08. The number of aryl methyl sites for hydroxylation is 1. The first kappa shape index (κ1) is 13.1. The molecule has 0 aliphatic heterocycles. The molecule has 0 spiro atoms. The Morgan fingerprint density at radius 3 is 2.00 bits per heavy atom. The highest BCUT2D eigenvalue weighted by Gasteiger charge is 2.09. The van der Waals surface area contributed by atoms with Crippen LogP contribution in [-0.4, -0.2) is 0 Å². The molecular weight excluding hydrogens is 308 g/mol. The van der Waals surface area contributed by atoms with Gasteiger partial charge in [-0.15, -0.1) is 0 Å². The number of fused-ring (bicyclic) bond motifs is 7. The molecule has 25 heavy (non-hydrogen) atoms. The van der Waals surface area contributed by atoms with E-state index in [1.807, 2.05) is 13.0 Å². The van der Waals surface area contributed by atoms with E-state index in [0.717, 1.165) is 27.7 Å². The van der Waals surface area contributed by atoms with E-state index in [9.17, 15) is 0 Å². The third kappa shape index (κ3) is 1.74. The highest BCUT2D eigenvalue weighted by atomic mass is 16.3. The van der Waals surface area contributed by atoms with Gasteiger partial charge in [0.2, 0.25) is 0 Å². The Bertz CT molecular complexity index is 1450. The molecule has 0 N–H and O–H groups in total. The van der Waals surface area contributed by atoms with Gasteiger partial charge in [0.05, 0.1) is 6.26 Å². The quantitative estimate of drug-likeness (QED) is 0.283. The van der Waals surface area contributed by atoms with Crippen molar-refractivity contribution >= 4 is 54.3 Å². The van der Waals surface area contributed by atoms with Crippen molar-refractivity contribution in [3.63, 3.8) is 0 Å². The first-order valence-electron chi connectivity index (χ1n) is 8.43. The van der Waals surface area contributed by atoms with Gasteiger partial charge in [0.15, 0.2) is 0 Å². The zero-order chi connectivity index (χ0) is 16.5. The van der Waals surface area contributed by atoms with E-state index in [2.05, 4.69) is 54.6 Å². The molecule has 4 aromatic carbocycles. The summed E-state index contributed by atoms with van der Waals surface area (Å²) in [6.07, 6.45) is 1.75. The first-order chi connectivity index (χ1) is 12.3. The molecule has 0 aliphatic carbocycles. The fraction of sp³-hybridized carbons (Fsp3) is 0.0435. The zero-order valence-corrected chi connectivity index (χ0v) is 13.7. The maximum atomic E-state index is 5.84. The zero-order valence-electron chi connectivity index (χ0n) is 13.7. The largest absolute Gasteiger partial charge is 0.464 e. The molecule has 0 radical (unpaired) electrons. The minimum atomic E-state index is 0.928. The van der Waals surface area contributed by atoms with Crippen molar-refractivity contribution in [3.8, 4) is 0 Å². The number of rotatable bonds is 0. The van der Waals surface area contributed by atoms with Crippen molar-refractivity contribution in [1.29, 1.82) is 0 Å². The molecule has 2 heteroatoms. The van der Waals surface area contributed by atoms with E-state index in [4.69, 9.17) is 8.83 Å². The van der Waals surface area contributed by atoms with Crippen LogP contribution in [-0.2, 0) is 0 Å². The van der Waals surface area contributed by atoms with Gasteiger partial charge in [0.25, 0.3) is 0 Å². The number of hydrogen-bond donors (Lipinski definition) is 0. The van der Waals surface area contributed by atoms with Crippen LogP contribution in [0, 0.1) is 6.92 Å². The van der Waals surface area contributed by atoms with Crippen molar-refractivity contribution < 1.29 is 8.83 Å². The molecule has 0 unspecified atom stereocenters. The Labute approximate surface area is 143 Å². The van der Waals surface area contributed by atoms with Crippen LogP contribution in [0.15, 0.2) is 75.8 Å². The van der Waals surface area contributed by atoms with Crippen LogP contribution in [0.5, 0.6) is 0 Å². The second-order valence-corrected chi connectivity index (χ2v) is 6.73. The predicted octanol–water partition coefficient (Wildman–Crippen LogP) is 6.95. The summed E-state index contributed by atoms with van der Waals surface area (Å²) < 4.78 is 11.5. The summed E-state index contributed by atoms with van der Waals surface area (Å²) >= 11 is 0. The van der Waals surface area contributed by atoms with Crippen molar-refractivity contribution in [2.45, 2.75) is 6.92 Å². The average Bonchev–Trinajstić information content (AvgIpc) is 3.21. The van der Waals surface area contributed by atoms with Gasteiger partial charge in [-0.2, -0.15) is 0 Å². The summed E-state index contributed by atoms with van der Waals surface area (Å²) in [7, 11) is 0. The predicted molar refractivity (Wildman–Crippen MR) is 103 cm³/mol. The number of hydrogen-bond acceptors (Lipinski definition) is 2. The fourth-order valence-corrected chi connectivity index (χ4v) is 4.00. The summed E-state index contributed by atoms with van der Waals surface area (Å²) in [5.41, 5.74) is 1.87. The van der Waals surface area contributed by atoms with Gasteiger partial charge in [-0.05, 0) is 75.6 Å². The molecule has 2 aromatic heterocycles. The SMILES string of the molecule is Cc1cc2cc3ccc4c5cc6occc6cc5ccc4c3cc2o1. The van der Waals surface area contributed by atoms with Crippen molar-refractivity contribution in [2.75, 3.05) is 0 Å². The minimum Gasteiger partial charge on any atom is -0.464 e. The van der Waals surface area contributed by atoms with Gasteiger partial charge in [-0.1, -0.05) is 24.3 Å². The van der Waals surface area contributed by atoms with Crippen LogP contribution in [0.3, 0.4) is 0 Å².